The zero-order valence-electron chi connectivity index (χ0n) is 5.76. The van der Waals surface area contributed by atoms with E-state index in [-0.39, 0.29) is 5.91 Å². The summed E-state index contributed by atoms with van der Waals surface area (Å²) in [6, 6.07) is 0. The average Bonchev–Trinajstić information content (AvgIpc) is 2.10. The number of nitrogens with one attached hydrogen (secondary N) is 1. The Balaban J connectivity index is 1.99. The molecule has 2 aliphatic rings. The predicted molar refractivity (Wildman–Crippen MR) is 37.5 cm³/mol. The molecule has 1 N–H and O–H groups in total. The van der Waals surface area contributed by atoms with Crippen LogP contribution in [0.3, 0.4) is 0 Å². The normalized spacial score (nSPS) is 25.6. The van der Waals surface area contributed by atoms with Gasteiger partial charge in [0.05, 0.1) is 12.1 Å². The lowest BCUT2D eigenvalue weighted by Gasteiger charge is -2.24. The molecule has 1 aliphatic carbocycles. The highest BCUT2D eigenvalue weighted by Crippen LogP contribution is 2.29. The fraction of sp³-hybridized carbons (Fsp3) is 0.714. The minimum atomic E-state index is 0.0573. The van der Waals surface area contributed by atoms with E-state index in [9.17, 15) is 4.79 Å². The van der Waals surface area contributed by atoms with Gasteiger partial charge in [0.15, 0.2) is 0 Å². The van der Waals surface area contributed by atoms with Gasteiger partial charge in [0.25, 0.3) is 0 Å². The van der Waals surface area contributed by atoms with E-state index < -0.39 is 0 Å². The van der Waals surface area contributed by atoms with E-state index >= 15 is 0 Å². The zero-order valence-corrected chi connectivity index (χ0v) is 5.76. The van der Waals surface area contributed by atoms with Crippen molar-refractivity contribution < 1.29 is 4.79 Å². The maximum atomic E-state index is 10.7. The third-order valence-corrected chi connectivity index (χ3v) is 2.24. The molecule has 3 heteroatoms. The van der Waals surface area contributed by atoms with Gasteiger partial charge in [0, 0.05) is 0 Å². The molecular weight excluding hydrogens is 128 g/mol. The summed E-state index contributed by atoms with van der Waals surface area (Å²) < 4.78 is 0. The Kier molecular flexibility index (Phi) is 1.22. The van der Waals surface area contributed by atoms with Crippen molar-refractivity contribution in [2.24, 2.45) is 11.0 Å². The van der Waals surface area contributed by atoms with Crippen LogP contribution in [-0.2, 0) is 4.79 Å². The molecule has 0 radical (unpaired) electrons. The van der Waals surface area contributed by atoms with Gasteiger partial charge in [0.1, 0.15) is 0 Å². The van der Waals surface area contributed by atoms with E-state index in [0.29, 0.717) is 12.3 Å². The lowest BCUT2D eigenvalue weighted by atomic mass is 9.81. The predicted octanol–water partition coefficient (Wildman–Crippen LogP) is 0.662. The first-order valence-corrected chi connectivity index (χ1v) is 3.71. The molecule has 1 aliphatic heterocycles. The summed E-state index contributed by atoms with van der Waals surface area (Å²) in [5, 5.41) is 3.96. The molecule has 0 aromatic heterocycles. The van der Waals surface area contributed by atoms with Crippen LogP contribution >= 0.6 is 0 Å². The van der Waals surface area contributed by atoms with E-state index in [2.05, 4.69) is 10.5 Å². The highest BCUT2D eigenvalue weighted by molar-refractivity contribution is 6.06. The van der Waals surface area contributed by atoms with Crippen molar-refractivity contribution in [1.82, 2.24) is 5.43 Å². The molecule has 1 fully saturated rings. The second-order valence-corrected chi connectivity index (χ2v) is 2.94. The first-order valence-electron chi connectivity index (χ1n) is 3.71. The van der Waals surface area contributed by atoms with Crippen LogP contribution in [0, 0.1) is 5.92 Å². The van der Waals surface area contributed by atoms with Crippen LogP contribution < -0.4 is 5.43 Å². The van der Waals surface area contributed by atoms with Crippen molar-refractivity contribution in [3.05, 3.63) is 0 Å². The number of carbonyl (C=O) groups excluding carboxylic acids is 1. The van der Waals surface area contributed by atoms with Crippen LogP contribution in [-0.4, -0.2) is 11.6 Å². The molecule has 0 unspecified atom stereocenters. The van der Waals surface area contributed by atoms with Crippen molar-refractivity contribution in [3.8, 4) is 0 Å². The van der Waals surface area contributed by atoms with Crippen molar-refractivity contribution in [3.63, 3.8) is 0 Å². The maximum absolute atomic E-state index is 10.7. The minimum absolute atomic E-state index is 0.0573. The standard InChI is InChI=1S/C7H10N2O/c10-7-4-6(8-9-7)5-2-1-3-5/h5H,1-4H2,(H,9,10). The Hall–Kier alpha value is -0.860. The molecule has 1 amide bonds. The van der Waals surface area contributed by atoms with Crippen LogP contribution in [0.1, 0.15) is 25.7 Å². The van der Waals surface area contributed by atoms with Gasteiger partial charge in [-0.2, -0.15) is 5.10 Å². The summed E-state index contributed by atoms with van der Waals surface area (Å²) >= 11 is 0. The van der Waals surface area contributed by atoms with E-state index in [4.69, 9.17) is 0 Å². The summed E-state index contributed by atoms with van der Waals surface area (Å²) in [6.07, 6.45) is 4.31. The Bertz CT molecular complexity index is 194. The second-order valence-electron chi connectivity index (χ2n) is 2.94. The Morgan fingerprint density at radius 2 is 2.30 bits per heavy atom. The third kappa shape index (κ3) is 0.818. The molecule has 0 spiro atoms. The average molecular weight is 138 g/mol. The van der Waals surface area contributed by atoms with E-state index in [1.54, 1.807) is 0 Å². The molecular formula is C7H10N2O. The Labute approximate surface area is 59.5 Å². The number of rotatable bonds is 1. The Morgan fingerprint density at radius 1 is 1.50 bits per heavy atom. The number of hydrogen-bond acceptors (Lipinski definition) is 2. The summed E-state index contributed by atoms with van der Waals surface area (Å²) in [5.41, 5.74) is 3.55. The van der Waals surface area contributed by atoms with Crippen LogP contribution in [0.2, 0.25) is 0 Å². The van der Waals surface area contributed by atoms with Gasteiger partial charge in [-0.15, -0.1) is 0 Å². The van der Waals surface area contributed by atoms with Gasteiger partial charge in [-0.05, 0) is 18.8 Å². The van der Waals surface area contributed by atoms with Gasteiger partial charge >= 0.3 is 0 Å². The van der Waals surface area contributed by atoms with Crippen LogP contribution in [0.25, 0.3) is 0 Å². The van der Waals surface area contributed by atoms with Crippen molar-refractivity contribution in [2.45, 2.75) is 25.7 Å². The number of hydrazone groups is 1. The van der Waals surface area contributed by atoms with Gasteiger partial charge in [-0.25, -0.2) is 5.43 Å². The summed E-state index contributed by atoms with van der Waals surface area (Å²) in [6.45, 7) is 0. The largest absolute Gasteiger partial charge is 0.273 e. The van der Waals surface area contributed by atoms with Crippen LogP contribution in [0.15, 0.2) is 5.10 Å². The number of amides is 1. The fourth-order valence-electron chi connectivity index (χ4n) is 1.35. The van der Waals surface area contributed by atoms with Crippen molar-refractivity contribution in [2.75, 3.05) is 0 Å². The molecule has 1 saturated carbocycles. The molecule has 1 heterocycles. The maximum Gasteiger partial charge on any atom is 0.245 e. The second kappa shape index (κ2) is 2.08. The number of carbonyl (C=O) groups is 1. The zero-order chi connectivity index (χ0) is 6.97. The highest BCUT2D eigenvalue weighted by atomic mass is 16.2. The number of hydrogen-bond donors (Lipinski definition) is 1. The van der Waals surface area contributed by atoms with Crippen molar-refractivity contribution >= 4 is 11.6 Å². The van der Waals surface area contributed by atoms with Gasteiger partial charge < -0.3 is 0 Å². The lowest BCUT2D eigenvalue weighted by molar-refractivity contribution is -0.119. The van der Waals surface area contributed by atoms with E-state index in [1.165, 1.54) is 19.3 Å². The van der Waals surface area contributed by atoms with E-state index in [0.717, 1.165) is 5.71 Å². The van der Waals surface area contributed by atoms with Gasteiger partial charge in [-0.3, -0.25) is 4.79 Å². The fourth-order valence-corrected chi connectivity index (χ4v) is 1.35. The first kappa shape index (κ1) is 5.89. The third-order valence-electron chi connectivity index (χ3n) is 2.24. The quantitative estimate of drug-likeness (QED) is 0.568. The molecule has 0 saturated heterocycles. The molecule has 0 aromatic carbocycles. The van der Waals surface area contributed by atoms with Crippen LogP contribution in [0.5, 0.6) is 0 Å². The SMILES string of the molecule is O=C1CC(C2CCC2)=NN1. The topological polar surface area (TPSA) is 41.5 Å². The molecule has 2 rings (SSSR count). The summed E-state index contributed by atoms with van der Waals surface area (Å²) in [4.78, 5) is 10.7. The Morgan fingerprint density at radius 3 is 2.70 bits per heavy atom. The highest BCUT2D eigenvalue weighted by Gasteiger charge is 2.27. The van der Waals surface area contributed by atoms with Crippen LogP contribution in [0.4, 0.5) is 0 Å². The van der Waals surface area contributed by atoms with Crippen molar-refractivity contribution in [1.29, 1.82) is 0 Å². The summed E-state index contributed by atoms with van der Waals surface area (Å²) in [5.74, 6) is 0.681. The molecule has 3 nitrogen and oxygen atoms in total. The van der Waals surface area contributed by atoms with Gasteiger partial charge in [-0.1, -0.05) is 6.42 Å². The molecule has 0 bridgehead atoms. The molecule has 54 valence electrons. The molecule has 10 heavy (non-hydrogen) atoms. The first-order chi connectivity index (χ1) is 4.86. The summed E-state index contributed by atoms with van der Waals surface area (Å²) in [7, 11) is 0. The molecule has 0 atom stereocenters. The smallest absolute Gasteiger partial charge is 0.245 e. The lowest BCUT2D eigenvalue weighted by Crippen LogP contribution is -2.21. The van der Waals surface area contributed by atoms with E-state index in [1.807, 2.05) is 0 Å². The minimum Gasteiger partial charge on any atom is -0.273 e. The molecule has 0 aromatic rings. The monoisotopic (exact) mass is 138 g/mol. The number of nitrogens with zero attached hydrogens (tertiary/aromatic N) is 1. The van der Waals surface area contributed by atoms with Gasteiger partial charge in [0.2, 0.25) is 5.91 Å².